The van der Waals surface area contributed by atoms with Crippen LogP contribution in [0.1, 0.15) is 10.5 Å². The predicted molar refractivity (Wildman–Crippen MR) is 96.2 cm³/mol. The van der Waals surface area contributed by atoms with E-state index in [1.54, 1.807) is 19.3 Å². The summed E-state index contributed by atoms with van der Waals surface area (Å²) in [4.78, 5) is 16.7. The van der Waals surface area contributed by atoms with E-state index in [4.69, 9.17) is 0 Å². The second-order valence-corrected chi connectivity index (χ2v) is 6.25. The lowest BCUT2D eigenvalue weighted by Gasteiger charge is -2.02. The van der Waals surface area contributed by atoms with Gasteiger partial charge in [0.2, 0.25) is 0 Å². The summed E-state index contributed by atoms with van der Waals surface area (Å²) in [5.41, 5.74) is 2.38. The number of thiazole rings is 1. The summed E-state index contributed by atoms with van der Waals surface area (Å²) < 4.78 is 1.53. The first-order chi connectivity index (χ1) is 11.7. The highest BCUT2D eigenvalue weighted by Gasteiger charge is 2.13. The fourth-order valence-electron chi connectivity index (χ4n) is 2.57. The molecule has 0 spiro atoms. The van der Waals surface area contributed by atoms with Gasteiger partial charge in [-0.1, -0.05) is 36.4 Å². The zero-order valence-electron chi connectivity index (χ0n) is 12.9. The Bertz CT molecular complexity index is 1030. The maximum atomic E-state index is 12.2. The molecule has 4 rings (SSSR count). The molecule has 0 aliphatic heterocycles. The molecule has 0 aliphatic carbocycles. The van der Waals surface area contributed by atoms with Crippen LogP contribution in [-0.4, -0.2) is 20.7 Å². The van der Waals surface area contributed by atoms with Crippen molar-refractivity contribution < 1.29 is 4.79 Å². The SMILES string of the molecule is Cn1nccc1C(=O)Nc1nc(-c2ccc3ccccc3c2)cs1. The molecule has 4 aromatic rings. The first-order valence-corrected chi connectivity index (χ1v) is 8.33. The van der Waals surface area contributed by atoms with Gasteiger partial charge in [-0.3, -0.25) is 14.8 Å². The van der Waals surface area contributed by atoms with Crippen molar-refractivity contribution in [3.05, 3.63) is 65.8 Å². The lowest BCUT2D eigenvalue weighted by Crippen LogP contribution is -2.15. The summed E-state index contributed by atoms with van der Waals surface area (Å²) in [6.07, 6.45) is 1.59. The molecule has 0 atom stereocenters. The quantitative estimate of drug-likeness (QED) is 0.617. The summed E-state index contributed by atoms with van der Waals surface area (Å²) in [6, 6.07) is 16.1. The molecule has 118 valence electrons. The second-order valence-electron chi connectivity index (χ2n) is 5.39. The highest BCUT2D eigenvalue weighted by atomic mass is 32.1. The number of aromatic nitrogens is 3. The molecule has 2 heterocycles. The number of benzene rings is 2. The average molecular weight is 334 g/mol. The van der Waals surface area contributed by atoms with Gasteiger partial charge in [-0.2, -0.15) is 5.10 Å². The van der Waals surface area contributed by atoms with E-state index in [0.29, 0.717) is 10.8 Å². The maximum absolute atomic E-state index is 12.2. The van der Waals surface area contributed by atoms with E-state index >= 15 is 0 Å². The Morgan fingerprint density at radius 2 is 1.96 bits per heavy atom. The molecule has 1 amide bonds. The Hall–Kier alpha value is -2.99. The number of carbonyl (C=O) groups excluding carboxylic acids is 1. The first-order valence-electron chi connectivity index (χ1n) is 7.45. The number of rotatable bonds is 3. The molecule has 0 aliphatic rings. The highest BCUT2D eigenvalue weighted by Crippen LogP contribution is 2.27. The van der Waals surface area contributed by atoms with Gasteiger partial charge in [-0.25, -0.2) is 4.98 Å². The van der Waals surface area contributed by atoms with E-state index in [1.807, 2.05) is 23.6 Å². The lowest BCUT2D eigenvalue weighted by molar-refractivity contribution is 0.101. The highest BCUT2D eigenvalue weighted by molar-refractivity contribution is 7.14. The van der Waals surface area contributed by atoms with Gasteiger partial charge in [0, 0.05) is 24.2 Å². The van der Waals surface area contributed by atoms with Crippen LogP contribution < -0.4 is 5.32 Å². The molecule has 0 radical (unpaired) electrons. The van der Waals surface area contributed by atoms with Gasteiger partial charge in [-0.15, -0.1) is 11.3 Å². The number of nitrogens with zero attached hydrogens (tertiary/aromatic N) is 3. The van der Waals surface area contributed by atoms with Gasteiger partial charge < -0.3 is 0 Å². The van der Waals surface area contributed by atoms with Crippen LogP contribution in [0.15, 0.2) is 60.1 Å². The van der Waals surface area contributed by atoms with E-state index < -0.39 is 0 Å². The predicted octanol–water partition coefficient (Wildman–Crippen LogP) is 3.95. The third-order valence-corrected chi connectivity index (χ3v) is 4.58. The summed E-state index contributed by atoms with van der Waals surface area (Å²) in [7, 11) is 1.73. The first kappa shape index (κ1) is 14.6. The molecule has 0 unspecified atom stereocenters. The molecule has 2 aromatic carbocycles. The van der Waals surface area contributed by atoms with Crippen LogP contribution in [0.2, 0.25) is 0 Å². The van der Waals surface area contributed by atoms with Gasteiger partial charge in [0.1, 0.15) is 5.69 Å². The van der Waals surface area contributed by atoms with Crippen molar-refractivity contribution >= 4 is 33.1 Å². The fraction of sp³-hybridized carbons (Fsp3) is 0.0556. The summed E-state index contributed by atoms with van der Waals surface area (Å²) in [6.45, 7) is 0. The fourth-order valence-corrected chi connectivity index (χ4v) is 3.28. The molecule has 2 aromatic heterocycles. The number of fused-ring (bicyclic) bond motifs is 1. The van der Waals surface area contributed by atoms with Gasteiger partial charge >= 0.3 is 0 Å². The summed E-state index contributed by atoms with van der Waals surface area (Å²) >= 11 is 1.41. The second kappa shape index (κ2) is 5.90. The Morgan fingerprint density at radius 3 is 2.75 bits per heavy atom. The minimum Gasteiger partial charge on any atom is -0.296 e. The maximum Gasteiger partial charge on any atom is 0.275 e. The van der Waals surface area contributed by atoms with Crippen molar-refractivity contribution in [3.8, 4) is 11.3 Å². The van der Waals surface area contributed by atoms with Crippen LogP contribution >= 0.6 is 11.3 Å². The van der Waals surface area contributed by atoms with Crippen molar-refractivity contribution in [1.29, 1.82) is 0 Å². The zero-order chi connectivity index (χ0) is 16.5. The Balaban J connectivity index is 1.59. The Kier molecular flexibility index (Phi) is 3.59. The van der Waals surface area contributed by atoms with Crippen molar-refractivity contribution in [1.82, 2.24) is 14.8 Å². The topological polar surface area (TPSA) is 59.8 Å². The van der Waals surface area contributed by atoms with E-state index in [-0.39, 0.29) is 5.91 Å². The minimum absolute atomic E-state index is 0.214. The smallest absolute Gasteiger partial charge is 0.275 e. The number of hydrogen-bond acceptors (Lipinski definition) is 4. The van der Waals surface area contributed by atoms with Gasteiger partial charge in [0.05, 0.1) is 5.69 Å². The Morgan fingerprint density at radius 1 is 1.12 bits per heavy atom. The van der Waals surface area contributed by atoms with Gasteiger partial charge in [0.15, 0.2) is 5.13 Å². The summed E-state index contributed by atoms with van der Waals surface area (Å²) in [5, 5.41) is 11.7. The molecule has 6 heteroatoms. The molecule has 1 N–H and O–H groups in total. The number of anilines is 1. The van der Waals surface area contributed by atoms with Crippen LogP contribution in [-0.2, 0) is 7.05 Å². The van der Waals surface area contributed by atoms with E-state index in [9.17, 15) is 4.79 Å². The molecular weight excluding hydrogens is 320 g/mol. The number of amides is 1. The number of aryl methyl sites for hydroxylation is 1. The van der Waals surface area contributed by atoms with Gasteiger partial charge in [0.25, 0.3) is 5.91 Å². The molecule has 0 saturated carbocycles. The third-order valence-electron chi connectivity index (χ3n) is 3.82. The average Bonchev–Trinajstić information content (AvgIpc) is 3.23. The number of nitrogens with one attached hydrogen (secondary N) is 1. The van der Waals surface area contributed by atoms with Crippen LogP contribution in [0.4, 0.5) is 5.13 Å². The van der Waals surface area contributed by atoms with Crippen molar-refractivity contribution in [3.63, 3.8) is 0 Å². The zero-order valence-corrected chi connectivity index (χ0v) is 13.7. The van der Waals surface area contributed by atoms with E-state index in [0.717, 1.165) is 11.3 Å². The number of carbonyl (C=O) groups is 1. The van der Waals surface area contributed by atoms with Crippen LogP contribution in [0.3, 0.4) is 0 Å². The third kappa shape index (κ3) is 2.68. The largest absolute Gasteiger partial charge is 0.296 e. The Labute approximate surface area is 142 Å². The van der Waals surface area contributed by atoms with Crippen molar-refractivity contribution in [2.45, 2.75) is 0 Å². The molecular formula is C18H14N4OS. The normalized spacial score (nSPS) is 10.9. The molecule has 0 fully saturated rings. The molecule has 24 heavy (non-hydrogen) atoms. The minimum atomic E-state index is -0.214. The van der Waals surface area contributed by atoms with Crippen molar-refractivity contribution in [2.75, 3.05) is 5.32 Å². The number of hydrogen-bond donors (Lipinski definition) is 1. The molecule has 0 saturated heterocycles. The van der Waals surface area contributed by atoms with Crippen molar-refractivity contribution in [2.24, 2.45) is 7.05 Å². The van der Waals surface area contributed by atoms with E-state index in [1.165, 1.54) is 26.8 Å². The molecule has 5 nitrogen and oxygen atoms in total. The van der Waals surface area contributed by atoms with Crippen LogP contribution in [0.25, 0.3) is 22.0 Å². The monoisotopic (exact) mass is 334 g/mol. The van der Waals surface area contributed by atoms with Crippen LogP contribution in [0, 0.1) is 0 Å². The van der Waals surface area contributed by atoms with E-state index in [2.05, 4.69) is 39.7 Å². The van der Waals surface area contributed by atoms with Gasteiger partial charge in [-0.05, 0) is 22.9 Å². The standard InChI is InChI=1S/C18H14N4OS/c1-22-16(8-9-19-22)17(23)21-18-20-15(11-24-18)14-7-6-12-4-2-3-5-13(12)10-14/h2-11H,1H3,(H,20,21,23). The molecule has 0 bridgehead atoms. The summed E-state index contributed by atoms with van der Waals surface area (Å²) in [5.74, 6) is -0.214. The lowest BCUT2D eigenvalue weighted by atomic mass is 10.1. The van der Waals surface area contributed by atoms with Crippen LogP contribution in [0.5, 0.6) is 0 Å².